The summed E-state index contributed by atoms with van der Waals surface area (Å²) in [5.74, 6) is 0.0173. The summed E-state index contributed by atoms with van der Waals surface area (Å²) < 4.78 is 78.6. The summed E-state index contributed by atoms with van der Waals surface area (Å²) in [6.07, 6.45) is 2.98. The van der Waals surface area contributed by atoms with Gasteiger partial charge in [0.1, 0.15) is 21.3 Å². The summed E-state index contributed by atoms with van der Waals surface area (Å²) in [6.45, 7) is 1.39. The Hall–Kier alpha value is -2.22. The topological polar surface area (TPSA) is 179 Å². The fourth-order valence-corrected chi connectivity index (χ4v) is 4.97. The van der Waals surface area contributed by atoms with E-state index < -0.39 is 30.0 Å². The molecule has 2 aromatic rings. The van der Waals surface area contributed by atoms with Crippen molar-refractivity contribution in [1.82, 2.24) is 0 Å². The van der Waals surface area contributed by atoms with Gasteiger partial charge in [0, 0.05) is 0 Å². The molecule has 0 aromatic heterocycles. The molecule has 1 aliphatic carbocycles. The first-order chi connectivity index (χ1) is 15.6. The van der Waals surface area contributed by atoms with Crippen molar-refractivity contribution in [3.8, 4) is 22.6 Å². The molecule has 0 atom stereocenters. The Bertz CT molecular complexity index is 1130. The van der Waals surface area contributed by atoms with Gasteiger partial charge in [-0.1, -0.05) is 0 Å². The van der Waals surface area contributed by atoms with Crippen LogP contribution < -0.4 is 20.9 Å². The molecular formula is C21H28N2O8S2. The van der Waals surface area contributed by atoms with Crippen LogP contribution in [-0.2, 0) is 26.7 Å². The summed E-state index contributed by atoms with van der Waals surface area (Å²) in [4.78, 5) is -0.838. The average molecular weight is 501 g/mol. The van der Waals surface area contributed by atoms with Crippen LogP contribution in [0.2, 0.25) is 0 Å². The van der Waals surface area contributed by atoms with Gasteiger partial charge in [-0.2, -0.15) is 16.8 Å². The van der Waals surface area contributed by atoms with Gasteiger partial charge in [0.2, 0.25) is 0 Å². The highest BCUT2D eigenvalue weighted by Gasteiger charge is 2.29. The number of benzene rings is 2. The van der Waals surface area contributed by atoms with Gasteiger partial charge < -0.3 is 20.9 Å². The van der Waals surface area contributed by atoms with Crippen molar-refractivity contribution in [2.75, 3.05) is 26.3 Å². The number of nitrogens with two attached hydrogens (primary N) is 2. The maximum atomic E-state index is 12.0. The van der Waals surface area contributed by atoms with Crippen LogP contribution in [-0.4, -0.2) is 52.2 Å². The van der Waals surface area contributed by atoms with Crippen molar-refractivity contribution in [3.63, 3.8) is 0 Å². The highest BCUT2D eigenvalue weighted by Crippen LogP contribution is 2.44. The zero-order valence-corrected chi connectivity index (χ0v) is 19.6. The smallest absolute Gasteiger partial charge is 0.298 e. The molecule has 0 saturated heterocycles. The predicted molar refractivity (Wildman–Crippen MR) is 122 cm³/mol. The van der Waals surface area contributed by atoms with Crippen molar-refractivity contribution in [2.24, 2.45) is 11.5 Å². The first kappa shape index (κ1) is 25.4. The second kappa shape index (κ2) is 10.4. The van der Waals surface area contributed by atoms with Crippen molar-refractivity contribution < 1.29 is 35.4 Å². The minimum atomic E-state index is -4.62. The fourth-order valence-electron chi connectivity index (χ4n) is 3.69. The number of fused-ring (bicyclic) bond motifs is 3. The minimum absolute atomic E-state index is 0.00865. The molecule has 0 bridgehead atoms. The van der Waals surface area contributed by atoms with Crippen molar-refractivity contribution >= 4 is 20.2 Å². The highest BCUT2D eigenvalue weighted by molar-refractivity contribution is 7.86. The Morgan fingerprint density at radius 1 is 0.697 bits per heavy atom. The Labute approximate surface area is 193 Å². The van der Waals surface area contributed by atoms with Crippen molar-refractivity contribution in [1.29, 1.82) is 0 Å². The number of unbranched alkanes of at least 4 members (excludes halogenated alkanes) is 2. The lowest BCUT2D eigenvalue weighted by Crippen LogP contribution is -2.08. The van der Waals surface area contributed by atoms with Crippen LogP contribution in [0.15, 0.2) is 34.1 Å². The van der Waals surface area contributed by atoms with E-state index in [2.05, 4.69) is 0 Å². The third kappa shape index (κ3) is 6.02. The normalized spacial score (nSPS) is 13.0. The number of rotatable bonds is 12. The number of ether oxygens (including phenoxy) is 2. The van der Waals surface area contributed by atoms with E-state index in [4.69, 9.17) is 20.9 Å². The highest BCUT2D eigenvalue weighted by atomic mass is 32.2. The molecule has 0 fully saturated rings. The zero-order chi connectivity index (χ0) is 24.2. The zero-order valence-electron chi connectivity index (χ0n) is 18.0. The molecule has 33 heavy (non-hydrogen) atoms. The van der Waals surface area contributed by atoms with Gasteiger partial charge in [0.25, 0.3) is 20.2 Å². The van der Waals surface area contributed by atoms with E-state index in [1.54, 1.807) is 0 Å². The molecule has 10 nitrogen and oxygen atoms in total. The lowest BCUT2D eigenvalue weighted by Gasteiger charge is -2.13. The monoisotopic (exact) mass is 500 g/mol. The van der Waals surface area contributed by atoms with E-state index in [0.29, 0.717) is 67.4 Å². The molecule has 2 aromatic carbocycles. The maximum Gasteiger partial charge on any atom is 0.298 e. The first-order valence-electron chi connectivity index (χ1n) is 10.5. The molecule has 182 valence electrons. The van der Waals surface area contributed by atoms with Gasteiger partial charge in [-0.25, -0.2) is 0 Å². The molecule has 6 N–H and O–H groups in total. The van der Waals surface area contributed by atoms with Gasteiger partial charge in [0.05, 0.1) is 13.2 Å². The molecule has 0 heterocycles. The first-order valence-corrected chi connectivity index (χ1v) is 13.4. The Morgan fingerprint density at radius 3 is 1.42 bits per heavy atom. The lowest BCUT2D eigenvalue weighted by molar-refractivity contribution is 0.298. The summed E-state index contributed by atoms with van der Waals surface area (Å²) in [7, 11) is -9.23. The lowest BCUT2D eigenvalue weighted by atomic mass is 10.1. The van der Waals surface area contributed by atoms with E-state index >= 15 is 0 Å². The van der Waals surface area contributed by atoms with E-state index in [-0.39, 0.29) is 24.7 Å². The van der Waals surface area contributed by atoms with Crippen LogP contribution in [0.25, 0.3) is 11.1 Å². The van der Waals surface area contributed by atoms with E-state index in [9.17, 15) is 25.9 Å². The van der Waals surface area contributed by atoms with E-state index in [0.717, 1.165) is 0 Å². The molecule has 0 radical (unpaired) electrons. The van der Waals surface area contributed by atoms with Crippen LogP contribution in [0, 0.1) is 0 Å². The molecule has 3 rings (SSSR count). The van der Waals surface area contributed by atoms with E-state index in [1.165, 1.54) is 24.3 Å². The quantitative estimate of drug-likeness (QED) is 0.212. The Morgan fingerprint density at radius 2 is 1.09 bits per heavy atom. The third-order valence-corrected chi connectivity index (χ3v) is 7.03. The molecule has 0 unspecified atom stereocenters. The molecule has 0 amide bonds. The van der Waals surface area contributed by atoms with Gasteiger partial charge in [-0.15, -0.1) is 0 Å². The molecule has 12 heteroatoms. The number of hydrogen-bond donors (Lipinski definition) is 4. The van der Waals surface area contributed by atoms with Crippen LogP contribution >= 0.6 is 0 Å². The molecule has 1 aliphatic rings. The van der Waals surface area contributed by atoms with Gasteiger partial charge in [-0.05, 0) is 91.7 Å². The summed E-state index contributed by atoms with van der Waals surface area (Å²) in [5, 5.41) is 0. The molecule has 0 saturated carbocycles. The fraction of sp³-hybridized carbons (Fsp3) is 0.429. The minimum Gasteiger partial charge on any atom is -0.492 e. The predicted octanol–water partition coefficient (Wildman–Crippen LogP) is 1.99. The molecule has 0 aliphatic heterocycles. The largest absolute Gasteiger partial charge is 0.492 e. The van der Waals surface area contributed by atoms with Crippen LogP contribution in [0.3, 0.4) is 0 Å². The third-order valence-electron chi connectivity index (χ3n) is 5.28. The van der Waals surface area contributed by atoms with Crippen LogP contribution in [0.5, 0.6) is 11.5 Å². The second-order valence-electron chi connectivity index (χ2n) is 7.73. The average Bonchev–Trinajstić information content (AvgIpc) is 3.08. The molecule has 0 spiro atoms. The second-order valence-corrected chi connectivity index (χ2v) is 10.5. The van der Waals surface area contributed by atoms with Crippen molar-refractivity contribution in [2.45, 2.75) is 41.9 Å². The van der Waals surface area contributed by atoms with Crippen molar-refractivity contribution in [3.05, 3.63) is 35.4 Å². The summed E-state index contributed by atoms with van der Waals surface area (Å²) in [6, 6.07) is 5.56. The van der Waals surface area contributed by atoms with Gasteiger partial charge in [-0.3, -0.25) is 9.11 Å². The molecular weight excluding hydrogens is 472 g/mol. The Kier molecular flexibility index (Phi) is 7.98. The van der Waals surface area contributed by atoms with Gasteiger partial charge >= 0.3 is 0 Å². The van der Waals surface area contributed by atoms with Gasteiger partial charge in [0.15, 0.2) is 0 Å². The van der Waals surface area contributed by atoms with E-state index in [1.807, 2.05) is 0 Å². The summed E-state index contributed by atoms with van der Waals surface area (Å²) in [5.41, 5.74) is 13.1. The number of hydrogen-bond acceptors (Lipinski definition) is 8. The van der Waals surface area contributed by atoms with Crippen LogP contribution in [0.1, 0.15) is 36.8 Å². The Balaban J connectivity index is 2.03. The SMILES string of the molecule is NCCCCOc1cc2c(cc1S(=O)(=O)O)-c1cc(S(=O)(=O)O)c(OCCCCN)cc1C2. The van der Waals surface area contributed by atoms with Crippen LogP contribution in [0.4, 0.5) is 0 Å². The maximum absolute atomic E-state index is 12.0. The summed E-state index contributed by atoms with van der Waals surface area (Å²) >= 11 is 0. The standard InChI is InChI=1S/C21H28N2O8S2/c22-5-1-3-7-30-18-10-14-9-15-11-19(31-8-4-2-6-23)21(33(27,28)29)13-17(15)16(14)12-20(18)32(24,25)26/h10-13H,1-9,22-23H2,(H,24,25,26)(H,27,28,29).